The Kier molecular flexibility index (Phi) is 5.59. The van der Waals surface area contributed by atoms with E-state index in [2.05, 4.69) is 10.6 Å². The van der Waals surface area contributed by atoms with Gasteiger partial charge in [0, 0.05) is 19.5 Å². The fourth-order valence-corrected chi connectivity index (χ4v) is 1.94. The predicted molar refractivity (Wildman–Crippen MR) is 62.3 cm³/mol. The first-order chi connectivity index (χ1) is 8.83. The smallest absolute Gasteiger partial charge is 0.356 e. The molecule has 1 atom stereocenters. The number of nitrogens with one attached hydrogen (secondary N) is 2. The summed E-state index contributed by atoms with van der Waals surface area (Å²) in [5.41, 5.74) is 0. The molecular formula is C11H18F3N3O2. The normalized spacial score (nSPS) is 19.9. The maximum Gasteiger partial charge on any atom is 0.406 e. The predicted octanol–water partition coefficient (Wildman–Crippen LogP) is 0.123. The molecule has 0 spiro atoms. The number of hydrogen-bond donors (Lipinski definition) is 2. The van der Waals surface area contributed by atoms with Crippen molar-refractivity contribution in [1.29, 1.82) is 0 Å². The lowest BCUT2D eigenvalue weighted by Crippen LogP contribution is -2.37. The summed E-state index contributed by atoms with van der Waals surface area (Å²) in [5.74, 6) is -1.65. The maximum atomic E-state index is 12.2. The highest BCUT2D eigenvalue weighted by Crippen LogP contribution is 2.23. The van der Waals surface area contributed by atoms with Gasteiger partial charge in [-0.25, -0.2) is 0 Å². The minimum Gasteiger partial charge on any atom is -0.356 e. The molecule has 5 nitrogen and oxygen atoms in total. The van der Waals surface area contributed by atoms with Crippen LogP contribution in [0.4, 0.5) is 13.2 Å². The molecule has 0 radical (unpaired) electrons. The number of carbonyl (C=O) groups excluding carboxylic acids is 2. The van der Waals surface area contributed by atoms with Crippen molar-refractivity contribution in [3.8, 4) is 0 Å². The molecule has 2 N–H and O–H groups in total. The average Bonchev–Trinajstić information content (AvgIpc) is 2.64. The van der Waals surface area contributed by atoms with Crippen LogP contribution in [0.2, 0.25) is 0 Å². The Morgan fingerprint density at radius 3 is 2.68 bits per heavy atom. The molecule has 8 heteroatoms. The summed E-state index contributed by atoms with van der Waals surface area (Å²) < 4.78 is 36.6. The largest absolute Gasteiger partial charge is 0.406 e. The quantitative estimate of drug-likeness (QED) is 0.680. The lowest BCUT2D eigenvalue weighted by atomic mass is 10.1. The lowest BCUT2D eigenvalue weighted by molar-refractivity contribution is -0.157. The topological polar surface area (TPSA) is 61.4 Å². The van der Waals surface area contributed by atoms with Crippen molar-refractivity contribution in [3.63, 3.8) is 0 Å². The van der Waals surface area contributed by atoms with Gasteiger partial charge < -0.3 is 15.5 Å². The number of hydrogen-bond acceptors (Lipinski definition) is 3. The lowest BCUT2D eigenvalue weighted by Gasteiger charge is -2.18. The van der Waals surface area contributed by atoms with Crippen LogP contribution in [0.1, 0.15) is 12.8 Å². The zero-order valence-corrected chi connectivity index (χ0v) is 10.7. The Morgan fingerprint density at radius 2 is 2.11 bits per heavy atom. The first-order valence-electron chi connectivity index (χ1n) is 6.10. The van der Waals surface area contributed by atoms with Gasteiger partial charge in [-0.05, 0) is 20.0 Å². The van der Waals surface area contributed by atoms with Gasteiger partial charge in [-0.15, -0.1) is 0 Å². The molecule has 19 heavy (non-hydrogen) atoms. The van der Waals surface area contributed by atoms with Crippen LogP contribution in [0.5, 0.6) is 0 Å². The van der Waals surface area contributed by atoms with E-state index in [0.717, 1.165) is 13.0 Å². The second-order valence-corrected chi connectivity index (χ2v) is 4.54. The third-order valence-corrected chi connectivity index (χ3v) is 2.86. The summed E-state index contributed by atoms with van der Waals surface area (Å²) in [6, 6.07) is 0. The van der Waals surface area contributed by atoms with Gasteiger partial charge in [-0.1, -0.05) is 0 Å². The Hall–Kier alpha value is -1.31. The van der Waals surface area contributed by atoms with E-state index in [1.807, 2.05) is 0 Å². The number of carbonyl (C=O) groups is 2. The number of halogens is 3. The van der Waals surface area contributed by atoms with Crippen LogP contribution in [0, 0.1) is 5.92 Å². The summed E-state index contributed by atoms with van der Waals surface area (Å²) in [7, 11) is 1.78. The number of alkyl halides is 3. The monoisotopic (exact) mass is 281 g/mol. The van der Waals surface area contributed by atoms with Crippen molar-refractivity contribution in [2.75, 3.05) is 33.2 Å². The molecule has 1 saturated heterocycles. The molecule has 0 aromatic carbocycles. The molecule has 1 fully saturated rings. The van der Waals surface area contributed by atoms with Crippen LogP contribution in [0.3, 0.4) is 0 Å². The van der Waals surface area contributed by atoms with E-state index in [-0.39, 0.29) is 18.9 Å². The minimum atomic E-state index is -4.42. The van der Waals surface area contributed by atoms with Gasteiger partial charge in [-0.3, -0.25) is 9.59 Å². The SMILES string of the molecule is CNCCCNC(=O)C1CC(=O)N(CC(F)(F)F)C1. The molecule has 0 aliphatic carbocycles. The van der Waals surface area contributed by atoms with Gasteiger partial charge in [0.2, 0.25) is 11.8 Å². The van der Waals surface area contributed by atoms with Crippen LogP contribution < -0.4 is 10.6 Å². The summed E-state index contributed by atoms with van der Waals surface area (Å²) in [5, 5.41) is 5.54. The molecule has 1 rings (SSSR count). The van der Waals surface area contributed by atoms with Crippen LogP contribution in [0.15, 0.2) is 0 Å². The van der Waals surface area contributed by atoms with Crippen LogP contribution >= 0.6 is 0 Å². The molecule has 1 aliphatic heterocycles. The number of nitrogens with zero attached hydrogens (tertiary/aromatic N) is 1. The highest BCUT2D eigenvalue weighted by Gasteiger charge is 2.40. The molecule has 110 valence electrons. The van der Waals surface area contributed by atoms with E-state index < -0.39 is 24.5 Å². The van der Waals surface area contributed by atoms with E-state index in [1.165, 1.54) is 0 Å². The first kappa shape index (κ1) is 15.7. The van der Waals surface area contributed by atoms with Gasteiger partial charge in [0.15, 0.2) is 0 Å². The Balaban J connectivity index is 2.37. The molecule has 0 aromatic heterocycles. The van der Waals surface area contributed by atoms with Gasteiger partial charge in [-0.2, -0.15) is 13.2 Å². The van der Waals surface area contributed by atoms with E-state index in [1.54, 1.807) is 7.05 Å². The molecule has 1 heterocycles. The molecule has 0 saturated carbocycles. The van der Waals surface area contributed by atoms with Crippen molar-refractivity contribution in [2.24, 2.45) is 5.92 Å². The summed E-state index contributed by atoms with van der Waals surface area (Å²) in [6.45, 7) is -0.251. The zero-order chi connectivity index (χ0) is 14.5. The number of rotatable bonds is 6. The van der Waals surface area contributed by atoms with Gasteiger partial charge in [0.05, 0.1) is 5.92 Å². The third-order valence-electron chi connectivity index (χ3n) is 2.86. The first-order valence-corrected chi connectivity index (χ1v) is 6.10. The molecule has 1 aliphatic rings. The van der Waals surface area contributed by atoms with E-state index >= 15 is 0 Å². The molecular weight excluding hydrogens is 263 g/mol. The van der Waals surface area contributed by atoms with Crippen molar-refractivity contribution in [3.05, 3.63) is 0 Å². The van der Waals surface area contributed by atoms with Crippen LogP contribution in [-0.4, -0.2) is 56.1 Å². The third kappa shape index (κ3) is 5.46. The fraction of sp³-hybridized carbons (Fsp3) is 0.818. The Labute approximate surface area is 109 Å². The fourth-order valence-electron chi connectivity index (χ4n) is 1.94. The van der Waals surface area contributed by atoms with Gasteiger partial charge in [0.25, 0.3) is 0 Å². The highest BCUT2D eigenvalue weighted by atomic mass is 19.4. The van der Waals surface area contributed by atoms with Gasteiger partial charge in [0.1, 0.15) is 6.54 Å². The Morgan fingerprint density at radius 1 is 1.42 bits per heavy atom. The average molecular weight is 281 g/mol. The van der Waals surface area contributed by atoms with E-state index in [4.69, 9.17) is 0 Å². The summed E-state index contributed by atoms with van der Waals surface area (Å²) in [6.07, 6.45) is -3.84. The van der Waals surface area contributed by atoms with Gasteiger partial charge >= 0.3 is 6.18 Å². The molecule has 0 aromatic rings. The zero-order valence-electron chi connectivity index (χ0n) is 10.7. The minimum absolute atomic E-state index is 0.145. The standard InChI is InChI=1S/C11H18F3N3O2/c1-15-3-2-4-16-10(19)8-5-9(18)17(6-8)7-11(12,13)14/h8,15H,2-7H2,1H3,(H,16,19). The second-order valence-electron chi connectivity index (χ2n) is 4.54. The van der Waals surface area contributed by atoms with Crippen molar-refractivity contribution in [2.45, 2.75) is 19.0 Å². The second kappa shape index (κ2) is 6.74. The van der Waals surface area contributed by atoms with Crippen molar-refractivity contribution >= 4 is 11.8 Å². The number of amides is 2. The number of likely N-dealkylation sites (tertiary alicyclic amines) is 1. The summed E-state index contributed by atoms with van der Waals surface area (Å²) in [4.78, 5) is 23.7. The van der Waals surface area contributed by atoms with E-state index in [9.17, 15) is 22.8 Å². The van der Waals surface area contributed by atoms with Crippen LogP contribution in [0.25, 0.3) is 0 Å². The Bertz CT molecular complexity index is 334. The van der Waals surface area contributed by atoms with Crippen LogP contribution in [-0.2, 0) is 9.59 Å². The molecule has 2 amide bonds. The molecule has 1 unspecified atom stereocenters. The van der Waals surface area contributed by atoms with Crippen molar-refractivity contribution in [1.82, 2.24) is 15.5 Å². The maximum absolute atomic E-state index is 12.2. The summed E-state index contributed by atoms with van der Waals surface area (Å²) >= 11 is 0. The highest BCUT2D eigenvalue weighted by molar-refractivity contribution is 5.89. The molecule has 0 bridgehead atoms. The van der Waals surface area contributed by atoms with Crippen molar-refractivity contribution < 1.29 is 22.8 Å². The van der Waals surface area contributed by atoms with E-state index in [0.29, 0.717) is 11.4 Å².